The molecule has 96 valence electrons. The van der Waals surface area contributed by atoms with Gasteiger partial charge >= 0.3 is 0 Å². The Morgan fingerprint density at radius 1 is 0.944 bits per heavy atom. The lowest BCUT2D eigenvalue weighted by Gasteiger charge is -1.98. The molecule has 7 heteroatoms. The van der Waals surface area contributed by atoms with E-state index in [1.54, 1.807) is 12.1 Å². The molecule has 0 saturated carbocycles. The van der Waals surface area contributed by atoms with E-state index in [4.69, 9.17) is 8.83 Å². The second-order valence-electron chi connectivity index (χ2n) is 3.41. The van der Waals surface area contributed by atoms with E-state index >= 15 is 0 Å². The highest BCUT2D eigenvalue weighted by molar-refractivity contribution is 9.10. The third kappa shape index (κ3) is 2.84. The summed E-state index contributed by atoms with van der Waals surface area (Å²) in [5, 5.41) is 1.07. The largest absolute Gasteiger partial charge is 0.445 e. The van der Waals surface area contributed by atoms with Crippen molar-refractivity contribution in [3.63, 3.8) is 0 Å². The maximum absolute atomic E-state index is 12.4. The Hall–Kier alpha value is 0.150. The predicted molar refractivity (Wildman–Crippen MR) is 81.5 cm³/mol. The number of ketones is 1. The molecular formula is C11H6Br4O3. The molecule has 2 rings (SSSR count). The first-order chi connectivity index (χ1) is 8.56. The number of carbonyl (C=O) groups excluding carboxylic acids is 1. The zero-order valence-corrected chi connectivity index (χ0v) is 15.1. The third-order valence-electron chi connectivity index (χ3n) is 2.26. The molecule has 0 N–H and O–H groups in total. The summed E-state index contributed by atoms with van der Waals surface area (Å²) in [7, 11) is 0. The zero-order valence-electron chi connectivity index (χ0n) is 8.81. The summed E-state index contributed by atoms with van der Waals surface area (Å²) < 4.78 is 11.8. The van der Waals surface area contributed by atoms with Crippen molar-refractivity contribution < 1.29 is 13.6 Å². The molecule has 2 aromatic heterocycles. The number of furan rings is 2. The lowest BCUT2D eigenvalue weighted by molar-refractivity contribution is 0.0979. The molecule has 0 aliphatic heterocycles. The van der Waals surface area contributed by atoms with Gasteiger partial charge < -0.3 is 8.83 Å². The molecule has 18 heavy (non-hydrogen) atoms. The van der Waals surface area contributed by atoms with E-state index in [0.29, 0.717) is 20.0 Å². The molecule has 2 heterocycles. The van der Waals surface area contributed by atoms with Gasteiger partial charge in [-0.25, -0.2) is 0 Å². The molecule has 0 atom stereocenters. The minimum absolute atomic E-state index is 0.268. The van der Waals surface area contributed by atoms with Crippen molar-refractivity contribution in [3.8, 4) is 0 Å². The number of halogens is 4. The maximum atomic E-state index is 12.4. The van der Waals surface area contributed by atoms with Crippen molar-refractivity contribution in [1.82, 2.24) is 0 Å². The number of carbonyl (C=O) groups is 1. The molecule has 0 spiro atoms. The van der Waals surface area contributed by atoms with Crippen LogP contribution in [0.3, 0.4) is 0 Å². The van der Waals surface area contributed by atoms with Gasteiger partial charge in [0.1, 0.15) is 0 Å². The number of hydrogen-bond donors (Lipinski definition) is 0. The van der Waals surface area contributed by atoms with Gasteiger partial charge in [-0.15, -0.1) is 0 Å². The monoisotopic (exact) mass is 502 g/mol. The van der Waals surface area contributed by atoms with Crippen LogP contribution in [0, 0.1) is 0 Å². The molecule has 0 radical (unpaired) electrons. The standard InChI is InChI=1S/C11H6Br4O3/c12-3-5-1-7(14)17-10(5)9(16)11-6(4-13)2-8(15)18-11/h1-2H,3-4H2. The Morgan fingerprint density at radius 3 is 1.67 bits per heavy atom. The summed E-state index contributed by atoms with van der Waals surface area (Å²) in [6.07, 6.45) is 0. The first kappa shape index (κ1) is 14.6. The molecule has 0 aliphatic carbocycles. The van der Waals surface area contributed by atoms with Crippen molar-refractivity contribution >= 4 is 69.5 Å². The van der Waals surface area contributed by atoms with Crippen LogP contribution in [0.25, 0.3) is 0 Å². The van der Waals surface area contributed by atoms with E-state index in [2.05, 4.69) is 63.7 Å². The minimum atomic E-state index is -0.268. The Morgan fingerprint density at radius 2 is 1.33 bits per heavy atom. The molecule has 3 nitrogen and oxygen atoms in total. The second kappa shape index (κ2) is 6.07. The van der Waals surface area contributed by atoms with Crippen LogP contribution in [0.2, 0.25) is 0 Å². The lowest BCUT2D eigenvalue weighted by atomic mass is 10.1. The van der Waals surface area contributed by atoms with E-state index in [1.165, 1.54) is 0 Å². The summed E-state index contributed by atoms with van der Waals surface area (Å²) in [6.45, 7) is 0. The van der Waals surface area contributed by atoms with Crippen LogP contribution < -0.4 is 0 Å². The van der Waals surface area contributed by atoms with E-state index < -0.39 is 0 Å². The maximum Gasteiger partial charge on any atom is 0.264 e. The molecule has 0 bridgehead atoms. The van der Waals surface area contributed by atoms with Crippen LogP contribution in [0.1, 0.15) is 27.4 Å². The number of alkyl halides is 2. The molecule has 0 fully saturated rings. The van der Waals surface area contributed by atoms with Gasteiger partial charge in [-0.3, -0.25) is 4.79 Å². The molecule has 2 aromatic rings. The first-order valence-electron chi connectivity index (χ1n) is 4.79. The van der Waals surface area contributed by atoms with Gasteiger partial charge in [-0.1, -0.05) is 31.9 Å². The Kier molecular flexibility index (Phi) is 4.91. The summed E-state index contributed by atoms with van der Waals surface area (Å²) in [4.78, 5) is 12.4. The fraction of sp³-hybridized carbons (Fsp3) is 0.182. The molecule has 0 amide bonds. The van der Waals surface area contributed by atoms with Crippen LogP contribution >= 0.6 is 63.7 Å². The lowest BCUT2D eigenvalue weighted by Crippen LogP contribution is -2.03. The summed E-state index contributed by atoms with van der Waals surface area (Å²) in [5.41, 5.74) is 1.56. The van der Waals surface area contributed by atoms with Crippen molar-refractivity contribution in [2.45, 2.75) is 10.7 Å². The highest BCUT2D eigenvalue weighted by atomic mass is 79.9. The summed E-state index contributed by atoms with van der Waals surface area (Å²) >= 11 is 13.1. The Bertz CT molecular complexity index is 535. The highest BCUT2D eigenvalue weighted by Crippen LogP contribution is 2.29. The van der Waals surface area contributed by atoms with Crippen LogP contribution in [0.5, 0.6) is 0 Å². The molecule has 0 unspecified atom stereocenters. The Balaban J connectivity index is 2.47. The first-order valence-corrected chi connectivity index (χ1v) is 8.62. The predicted octanol–water partition coefficient (Wildman–Crippen LogP) is 5.42. The molecular weight excluding hydrogens is 500 g/mol. The third-order valence-corrected chi connectivity index (χ3v) is 4.25. The van der Waals surface area contributed by atoms with Crippen molar-refractivity contribution in [1.29, 1.82) is 0 Å². The molecule has 0 aromatic carbocycles. The van der Waals surface area contributed by atoms with Crippen molar-refractivity contribution in [2.75, 3.05) is 0 Å². The average molecular weight is 506 g/mol. The topological polar surface area (TPSA) is 43.4 Å². The van der Waals surface area contributed by atoms with Crippen LogP contribution in [-0.4, -0.2) is 5.78 Å². The van der Waals surface area contributed by atoms with Crippen LogP contribution in [0.15, 0.2) is 30.3 Å². The van der Waals surface area contributed by atoms with E-state index in [-0.39, 0.29) is 17.3 Å². The van der Waals surface area contributed by atoms with E-state index in [0.717, 1.165) is 11.1 Å². The van der Waals surface area contributed by atoms with Crippen molar-refractivity contribution in [3.05, 3.63) is 44.1 Å². The zero-order chi connectivity index (χ0) is 13.3. The van der Waals surface area contributed by atoms with Gasteiger partial charge in [0.2, 0.25) is 0 Å². The van der Waals surface area contributed by atoms with Gasteiger partial charge in [-0.05, 0) is 44.0 Å². The fourth-order valence-electron chi connectivity index (χ4n) is 1.48. The SMILES string of the molecule is O=C(c1oc(Br)cc1CBr)c1oc(Br)cc1CBr. The number of hydrogen-bond acceptors (Lipinski definition) is 3. The quantitative estimate of drug-likeness (QED) is 0.412. The molecule has 0 saturated heterocycles. The minimum Gasteiger partial charge on any atom is -0.445 e. The summed E-state index contributed by atoms with van der Waals surface area (Å²) in [5.74, 6) is 0.293. The van der Waals surface area contributed by atoms with Gasteiger partial charge in [0.05, 0.1) is 0 Å². The van der Waals surface area contributed by atoms with Crippen molar-refractivity contribution in [2.24, 2.45) is 0 Å². The van der Waals surface area contributed by atoms with Crippen LogP contribution in [0.4, 0.5) is 0 Å². The van der Waals surface area contributed by atoms with E-state index in [1.807, 2.05) is 0 Å². The van der Waals surface area contributed by atoms with Crippen LogP contribution in [-0.2, 0) is 10.7 Å². The highest BCUT2D eigenvalue weighted by Gasteiger charge is 2.24. The number of rotatable bonds is 4. The second-order valence-corrected chi connectivity index (χ2v) is 6.09. The average Bonchev–Trinajstić information content (AvgIpc) is 2.91. The Labute approximate surface area is 137 Å². The smallest absolute Gasteiger partial charge is 0.264 e. The van der Waals surface area contributed by atoms with Gasteiger partial charge in [0.15, 0.2) is 20.9 Å². The normalized spacial score (nSPS) is 10.9. The van der Waals surface area contributed by atoms with E-state index in [9.17, 15) is 4.79 Å². The fourth-order valence-corrected chi connectivity index (χ4v) is 3.19. The van der Waals surface area contributed by atoms with Gasteiger partial charge in [0.25, 0.3) is 5.78 Å². The van der Waals surface area contributed by atoms with Gasteiger partial charge in [0, 0.05) is 21.8 Å². The summed E-state index contributed by atoms with van der Waals surface area (Å²) in [6, 6.07) is 3.52. The van der Waals surface area contributed by atoms with Gasteiger partial charge in [-0.2, -0.15) is 0 Å². The molecule has 0 aliphatic rings.